The summed E-state index contributed by atoms with van der Waals surface area (Å²) in [5.74, 6) is 0.793. The number of rotatable bonds is 3. The number of benzene rings is 1. The highest BCUT2D eigenvalue weighted by molar-refractivity contribution is 5.46. The van der Waals surface area contributed by atoms with E-state index in [9.17, 15) is 0 Å². The molecule has 0 aliphatic carbocycles. The van der Waals surface area contributed by atoms with Crippen molar-refractivity contribution >= 4 is 0 Å². The SMILES string of the molecule is COc1ccccc1-n1cc([C@@H](C)N)cn1. The summed E-state index contributed by atoms with van der Waals surface area (Å²) < 4.78 is 7.05. The van der Waals surface area contributed by atoms with Gasteiger partial charge in [0.1, 0.15) is 11.4 Å². The first-order valence-corrected chi connectivity index (χ1v) is 5.16. The lowest BCUT2D eigenvalue weighted by Crippen LogP contribution is -2.03. The van der Waals surface area contributed by atoms with Crippen LogP contribution in [0.4, 0.5) is 0 Å². The van der Waals surface area contributed by atoms with Gasteiger partial charge in [0.05, 0.1) is 13.3 Å². The van der Waals surface area contributed by atoms with Gasteiger partial charge >= 0.3 is 0 Å². The van der Waals surface area contributed by atoms with Gasteiger partial charge in [0.15, 0.2) is 0 Å². The van der Waals surface area contributed by atoms with E-state index in [-0.39, 0.29) is 6.04 Å². The summed E-state index contributed by atoms with van der Waals surface area (Å²) >= 11 is 0. The number of aromatic nitrogens is 2. The van der Waals surface area contributed by atoms with Gasteiger partial charge in [-0.15, -0.1) is 0 Å². The molecule has 0 unspecified atom stereocenters. The van der Waals surface area contributed by atoms with Crippen molar-refractivity contribution in [2.24, 2.45) is 5.73 Å². The van der Waals surface area contributed by atoms with Crippen LogP contribution >= 0.6 is 0 Å². The van der Waals surface area contributed by atoms with E-state index in [0.29, 0.717) is 0 Å². The smallest absolute Gasteiger partial charge is 0.144 e. The molecule has 0 aliphatic rings. The Morgan fingerprint density at radius 2 is 2.12 bits per heavy atom. The fourth-order valence-corrected chi connectivity index (χ4v) is 1.52. The van der Waals surface area contributed by atoms with E-state index in [1.54, 1.807) is 18.0 Å². The number of hydrogen-bond acceptors (Lipinski definition) is 3. The molecule has 84 valence electrons. The second kappa shape index (κ2) is 4.37. The molecule has 2 rings (SSSR count). The molecule has 1 aromatic heterocycles. The van der Waals surface area contributed by atoms with Crippen LogP contribution in [0.25, 0.3) is 5.69 Å². The van der Waals surface area contributed by atoms with Crippen molar-refractivity contribution in [2.75, 3.05) is 7.11 Å². The number of hydrogen-bond donors (Lipinski definition) is 1. The van der Waals surface area contributed by atoms with Crippen molar-refractivity contribution < 1.29 is 4.74 Å². The van der Waals surface area contributed by atoms with Gasteiger partial charge in [-0.2, -0.15) is 5.10 Å². The van der Waals surface area contributed by atoms with Crippen molar-refractivity contribution in [2.45, 2.75) is 13.0 Å². The molecule has 4 heteroatoms. The summed E-state index contributed by atoms with van der Waals surface area (Å²) in [5, 5.41) is 4.27. The molecule has 2 aromatic rings. The predicted molar refractivity (Wildman–Crippen MR) is 62.7 cm³/mol. The van der Waals surface area contributed by atoms with Crippen molar-refractivity contribution in [3.05, 3.63) is 42.2 Å². The number of nitrogens with two attached hydrogens (primary N) is 1. The summed E-state index contributed by atoms with van der Waals surface area (Å²) in [6.45, 7) is 1.93. The Morgan fingerprint density at radius 1 is 1.38 bits per heavy atom. The number of para-hydroxylation sites is 2. The maximum Gasteiger partial charge on any atom is 0.144 e. The van der Waals surface area contributed by atoms with E-state index in [0.717, 1.165) is 17.0 Å². The van der Waals surface area contributed by atoms with E-state index in [2.05, 4.69) is 5.10 Å². The standard InChI is InChI=1S/C12H15N3O/c1-9(13)10-7-14-15(8-10)11-5-3-4-6-12(11)16-2/h3-9H,13H2,1-2H3/t9-/m1/s1. The zero-order valence-electron chi connectivity index (χ0n) is 9.42. The lowest BCUT2D eigenvalue weighted by Gasteiger charge is -2.07. The van der Waals surface area contributed by atoms with Crippen molar-refractivity contribution in [1.29, 1.82) is 0 Å². The fraction of sp³-hybridized carbons (Fsp3) is 0.250. The molecule has 4 nitrogen and oxygen atoms in total. The van der Waals surface area contributed by atoms with Gasteiger partial charge in [-0.05, 0) is 19.1 Å². The van der Waals surface area contributed by atoms with Crippen LogP contribution in [-0.2, 0) is 0 Å². The molecule has 0 bridgehead atoms. The number of nitrogens with zero attached hydrogens (tertiary/aromatic N) is 2. The Hall–Kier alpha value is -1.81. The van der Waals surface area contributed by atoms with Crippen LogP contribution in [0.1, 0.15) is 18.5 Å². The molecule has 2 N–H and O–H groups in total. The molecule has 0 aliphatic heterocycles. The zero-order valence-corrected chi connectivity index (χ0v) is 9.42. The maximum atomic E-state index is 5.79. The van der Waals surface area contributed by atoms with Gasteiger partial charge in [0.25, 0.3) is 0 Å². The monoisotopic (exact) mass is 217 g/mol. The van der Waals surface area contributed by atoms with Crippen LogP contribution in [0.2, 0.25) is 0 Å². The third-order valence-electron chi connectivity index (χ3n) is 2.46. The highest BCUT2D eigenvalue weighted by Crippen LogP contribution is 2.22. The molecular weight excluding hydrogens is 202 g/mol. The summed E-state index contributed by atoms with van der Waals surface area (Å²) in [4.78, 5) is 0. The average Bonchev–Trinajstić information content (AvgIpc) is 2.78. The van der Waals surface area contributed by atoms with Crippen LogP contribution in [0.3, 0.4) is 0 Å². The summed E-state index contributed by atoms with van der Waals surface area (Å²) in [5.41, 5.74) is 7.71. The summed E-state index contributed by atoms with van der Waals surface area (Å²) in [6.07, 6.45) is 3.69. The molecule has 1 atom stereocenters. The van der Waals surface area contributed by atoms with Crippen LogP contribution in [-0.4, -0.2) is 16.9 Å². The lowest BCUT2D eigenvalue weighted by molar-refractivity contribution is 0.411. The molecule has 0 amide bonds. The van der Waals surface area contributed by atoms with Crippen LogP contribution in [0.5, 0.6) is 5.75 Å². The highest BCUT2D eigenvalue weighted by atomic mass is 16.5. The Morgan fingerprint density at radius 3 is 2.75 bits per heavy atom. The minimum atomic E-state index is -0.0107. The van der Waals surface area contributed by atoms with E-state index >= 15 is 0 Å². The molecule has 0 saturated heterocycles. The highest BCUT2D eigenvalue weighted by Gasteiger charge is 2.07. The Balaban J connectivity index is 2.42. The number of ether oxygens (including phenoxy) is 1. The largest absolute Gasteiger partial charge is 0.494 e. The third kappa shape index (κ3) is 1.92. The van der Waals surface area contributed by atoms with E-state index in [1.165, 1.54) is 0 Å². The molecule has 0 saturated carbocycles. The minimum Gasteiger partial charge on any atom is -0.494 e. The molecule has 1 heterocycles. The first-order chi connectivity index (χ1) is 7.72. The second-order valence-corrected chi connectivity index (χ2v) is 3.68. The normalized spacial score (nSPS) is 12.4. The predicted octanol–water partition coefficient (Wildman–Crippen LogP) is 1.90. The third-order valence-corrected chi connectivity index (χ3v) is 2.46. The maximum absolute atomic E-state index is 5.79. The Labute approximate surface area is 94.6 Å². The molecule has 16 heavy (non-hydrogen) atoms. The topological polar surface area (TPSA) is 53.1 Å². The minimum absolute atomic E-state index is 0.0107. The van der Waals surface area contributed by atoms with Gasteiger partial charge < -0.3 is 10.5 Å². The van der Waals surface area contributed by atoms with E-state index < -0.39 is 0 Å². The Kier molecular flexibility index (Phi) is 2.92. The molecule has 0 fully saturated rings. The van der Waals surface area contributed by atoms with Crippen LogP contribution < -0.4 is 10.5 Å². The quantitative estimate of drug-likeness (QED) is 0.854. The van der Waals surface area contributed by atoms with Gasteiger partial charge in [-0.1, -0.05) is 12.1 Å². The van der Waals surface area contributed by atoms with Gasteiger partial charge in [0, 0.05) is 17.8 Å². The van der Waals surface area contributed by atoms with Crippen LogP contribution in [0.15, 0.2) is 36.7 Å². The Bertz CT molecular complexity index is 477. The van der Waals surface area contributed by atoms with Crippen molar-refractivity contribution in [1.82, 2.24) is 9.78 Å². The average molecular weight is 217 g/mol. The summed E-state index contributed by atoms with van der Waals surface area (Å²) in [6, 6.07) is 7.73. The fourth-order valence-electron chi connectivity index (χ4n) is 1.52. The summed E-state index contributed by atoms with van der Waals surface area (Å²) in [7, 11) is 1.65. The molecular formula is C12H15N3O. The van der Waals surface area contributed by atoms with Crippen molar-refractivity contribution in [3.63, 3.8) is 0 Å². The second-order valence-electron chi connectivity index (χ2n) is 3.68. The van der Waals surface area contributed by atoms with Crippen LogP contribution in [0, 0.1) is 0 Å². The van der Waals surface area contributed by atoms with Crippen molar-refractivity contribution in [3.8, 4) is 11.4 Å². The van der Waals surface area contributed by atoms with Gasteiger partial charge in [0.2, 0.25) is 0 Å². The first kappa shape index (κ1) is 10.7. The van der Waals surface area contributed by atoms with Gasteiger partial charge in [-0.3, -0.25) is 0 Å². The van der Waals surface area contributed by atoms with Gasteiger partial charge in [-0.25, -0.2) is 4.68 Å². The molecule has 0 radical (unpaired) electrons. The van der Waals surface area contributed by atoms with E-state index in [4.69, 9.17) is 10.5 Å². The molecule has 1 aromatic carbocycles. The zero-order chi connectivity index (χ0) is 11.5. The molecule has 0 spiro atoms. The van der Waals surface area contributed by atoms with E-state index in [1.807, 2.05) is 37.4 Å². The number of methoxy groups -OCH3 is 1. The lowest BCUT2D eigenvalue weighted by atomic mass is 10.2. The first-order valence-electron chi connectivity index (χ1n) is 5.16.